The Balaban J connectivity index is 0.000000227. The molecule has 0 bridgehead atoms. The van der Waals surface area contributed by atoms with Gasteiger partial charge < -0.3 is 5.11 Å². The predicted octanol–water partition coefficient (Wildman–Crippen LogP) is 4.67. The first-order valence-electron chi connectivity index (χ1n) is 8.77. The average Bonchev–Trinajstić information content (AvgIpc) is 2.76. The molecular weight excluding hydrogens is 447 g/mol. The van der Waals surface area contributed by atoms with Crippen LogP contribution in [0.25, 0.3) is 0 Å². The van der Waals surface area contributed by atoms with E-state index in [2.05, 4.69) is 4.98 Å². The number of nitro groups is 3. The molecule has 0 aliphatic carbocycles. The van der Waals surface area contributed by atoms with Crippen LogP contribution in [0.3, 0.4) is 0 Å². The number of rotatable bonds is 7. The normalized spacial score (nSPS) is 10.0. The third-order valence-corrected chi connectivity index (χ3v) is 4.84. The molecule has 0 saturated carbocycles. The molecule has 0 radical (unpaired) electrons. The van der Waals surface area contributed by atoms with Crippen LogP contribution in [0.1, 0.15) is 5.69 Å². The fourth-order valence-corrected chi connectivity index (χ4v) is 3.20. The first-order chi connectivity index (χ1) is 15.2. The zero-order chi connectivity index (χ0) is 23.7. The van der Waals surface area contributed by atoms with E-state index in [0.717, 1.165) is 22.8 Å². The SMILES string of the molecule is Fc1ccc(SCCc2ccccn2)cc1.O=[N+]([O-])c1cc([N+](=O)[O-])c(O)c([N+](=O)[O-])c1. The number of nitrogens with zero attached hydrogens (tertiary/aromatic N) is 4. The number of hydrogen-bond acceptors (Lipinski definition) is 9. The minimum atomic E-state index is -1.21. The highest BCUT2D eigenvalue weighted by Crippen LogP contribution is 2.38. The lowest BCUT2D eigenvalue weighted by Gasteiger charge is -2.01. The van der Waals surface area contributed by atoms with Crippen molar-refractivity contribution in [1.29, 1.82) is 0 Å². The quantitative estimate of drug-likeness (QED) is 0.298. The van der Waals surface area contributed by atoms with E-state index in [0.29, 0.717) is 12.1 Å². The number of phenols is 1. The second-order valence-corrected chi connectivity index (χ2v) is 7.15. The predicted molar refractivity (Wildman–Crippen MR) is 113 cm³/mol. The van der Waals surface area contributed by atoms with Gasteiger partial charge in [0.1, 0.15) is 5.82 Å². The van der Waals surface area contributed by atoms with Crippen LogP contribution in [0.4, 0.5) is 21.5 Å². The summed E-state index contributed by atoms with van der Waals surface area (Å²) in [6.07, 6.45) is 2.74. The molecule has 166 valence electrons. The molecule has 0 fully saturated rings. The summed E-state index contributed by atoms with van der Waals surface area (Å²) in [5.74, 6) is -0.433. The number of halogens is 1. The Morgan fingerprint density at radius 2 is 1.50 bits per heavy atom. The zero-order valence-electron chi connectivity index (χ0n) is 16.2. The Kier molecular flexibility index (Phi) is 8.53. The highest BCUT2D eigenvalue weighted by molar-refractivity contribution is 7.99. The van der Waals surface area contributed by atoms with Crippen LogP contribution < -0.4 is 0 Å². The van der Waals surface area contributed by atoms with Crippen molar-refractivity contribution in [2.45, 2.75) is 11.3 Å². The smallest absolute Gasteiger partial charge is 0.324 e. The van der Waals surface area contributed by atoms with Crippen LogP contribution >= 0.6 is 11.8 Å². The molecule has 0 amide bonds. The summed E-state index contributed by atoms with van der Waals surface area (Å²) >= 11 is 1.72. The maximum atomic E-state index is 12.7. The minimum absolute atomic E-state index is 0.186. The number of aryl methyl sites for hydroxylation is 1. The molecule has 0 aliphatic rings. The monoisotopic (exact) mass is 462 g/mol. The lowest BCUT2D eigenvalue weighted by atomic mass is 10.2. The van der Waals surface area contributed by atoms with Crippen LogP contribution in [0, 0.1) is 36.2 Å². The molecule has 3 aromatic rings. The van der Waals surface area contributed by atoms with Crippen molar-refractivity contribution < 1.29 is 24.3 Å². The summed E-state index contributed by atoms with van der Waals surface area (Å²) in [6.45, 7) is 0. The summed E-state index contributed by atoms with van der Waals surface area (Å²) in [5.41, 5.74) is -1.91. The maximum absolute atomic E-state index is 12.7. The number of thioether (sulfide) groups is 1. The second kappa shape index (κ2) is 11.3. The third kappa shape index (κ3) is 6.98. The van der Waals surface area contributed by atoms with Crippen LogP contribution in [0.5, 0.6) is 5.75 Å². The molecule has 2 aromatic carbocycles. The highest BCUT2D eigenvalue weighted by Gasteiger charge is 2.30. The fourth-order valence-electron chi connectivity index (χ4n) is 2.32. The van der Waals surface area contributed by atoms with Gasteiger partial charge in [0.15, 0.2) is 0 Å². The standard InChI is InChI=1S/C13H12FNS.C6H3N3O7/c14-11-4-6-13(7-5-11)16-10-8-12-3-1-2-9-15-12;10-6-4(8(13)14)1-3(7(11)12)2-5(6)9(15)16/h1-7,9H,8,10H2;1-2,10H. The van der Waals surface area contributed by atoms with E-state index in [1.54, 1.807) is 30.1 Å². The largest absolute Gasteiger partial charge is 0.497 e. The summed E-state index contributed by atoms with van der Waals surface area (Å²) < 4.78 is 12.7. The lowest BCUT2D eigenvalue weighted by molar-refractivity contribution is -0.404. The van der Waals surface area contributed by atoms with Crippen LogP contribution in [-0.4, -0.2) is 30.6 Å². The van der Waals surface area contributed by atoms with Gasteiger partial charge in [0.2, 0.25) is 0 Å². The van der Waals surface area contributed by atoms with Crippen molar-refractivity contribution in [2.24, 2.45) is 0 Å². The van der Waals surface area contributed by atoms with Crippen molar-refractivity contribution >= 4 is 28.8 Å². The van der Waals surface area contributed by atoms with Crippen molar-refractivity contribution in [3.05, 3.63) is 103 Å². The summed E-state index contributed by atoms with van der Waals surface area (Å²) in [5, 5.41) is 40.2. The van der Waals surface area contributed by atoms with Crippen molar-refractivity contribution in [3.63, 3.8) is 0 Å². The summed E-state index contributed by atoms with van der Waals surface area (Å²) in [6, 6.07) is 13.4. The minimum Gasteiger partial charge on any atom is -0.497 e. The molecule has 1 aromatic heterocycles. The van der Waals surface area contributed by atoms with Gasteiger partial charge in [0.05, 0.1) is 26.9 Å². The first-order valence-corrected chi connectivity index (χ1v) is 9.76. The maximum Gasteiger partial charge on any atom is 0.324 e. The number of nitro benzene ring substituents is 3. The summed E-state index contributed by atoms with van der Waals surface area (Å²) in [4.78, 5) is 33.1. The van der Waals surface area contributed by atoms with Crippen molar-refractivity contribution in [2.75, 3.05) is 5.75 Å². The number of phenolic OH excluding ortho intramolecular Hbond substituents is 1. The number of aromatic nitrogens is 1. The number of non-ortho nitro benzene ring substituents is 1. The molecule has 0 saturated heterocycles. The van der Waals surface area contributed by atoms with Crippen molar-refractivity contribution in [1.82, 2.24) is 4.98 Å². The molecule has 0 atom stereocenters. The molecule has 32 heavy (non-hydrogen) atoms. The molecular formula is C19H15FN4O7S. The van der Waals surface area contributed by atoms with E-state index in [1.165, 1.54) is 12.1 Å². The summed E-state index contributed by atoms with van der Waals surface area (Å²) in [7, 11) is 0. The molecule has 1 heterocycles. The van der Waals surface area contributed by atoms with E-state index in [9.17, 15) is 34.7 Å². The average molecular weight is 462 g/mol. The van der Waals surface area contributed by atoms with Crippen LogP contribution in [0.2, 0.25) is 0 Å². The number of aromatic hydroxyl groups is 1. The number of benzene rings is 2. The Labute approximate surface area is 184 Å². The van der Waals surface area contributed by atoms with Gasteiger partial charge in [-0.25, -0.2) is 4.39 Å². The Morgan fingerprint density at radius 3 is 1.97 bits per heavy atom. The van der Waals surface area contributed by atoms with E-state index in [4.69, 9.17) is 5.11 Å². The van der Waals surface area contributed by atoms with E-state index < -0.39 is 37.6 Å². The van der Waals surface area contributed by atoms with Gasteiger partial charge in [-0.1, -0.05) is 6.07 Å². The van der Waals surface area contributed by atoms with Crippen LogP contribution in [-0.2, 0) is 6.42 Å². The van der Waals surface area contributed by atoms with Crippen molar-refractivity contribution in [3.8, 4) is 5.75 Å². The highest BCUT2D eigenvalue weighted by atomic mass is 32.2. The van der Waals surface area contributed by atoms with E-state index in [1.807, 2.05) is 18.2 Å². The molecule has 11 nitrogen and oxygen atoms in total. The molecule has 3 rings (SSSR count). The Morgan fingerprint density at radius 1 is 0.906 bits per heavy atom. The van der Waals surface area contributed by atoms with Gasteiger partial charge in [-0.05, 0) is 42.8 Å². The van der Waals surface area contributed by atoms with Gasteiger partial charge in [-0.15, -0.1) is 11.8 Å². The molecule has 0 unspecified atom stereocenters. The fraction of sp³-hybridized carbons (Fsp3) is 0.105. The molecule has 1 N–H and O–H groups in total. The first kappa shape index (κ1) is 24.1. The number of hydrogen-bond donors (Lipinski definition) is 1. The molecule has 0 spiro atoms. The number of pyridine rings is 1. The molecule has 0 aliphatic heterocycles. The van der Waals surface area contributed by atoms with Gasteiger partial charge >= 0.3 is 11.4 Å². The topological polar surface area (TPSA) is 163 Å². The Hall–Kier alpha value is -4.13. The van der Waals surface area contributed by atoms with E-state index in [-0.39, 0.29) is 5.82 Å². The second-order valence-electron chi connectivity index (χ2n) is 5.98. The van der Waals surface area contributed by atoms with E-state index >= 15 is 0 Å². The molecule has 13 heteroatoms. The Bertz CT molecular complexity index is 1080. The lowest BCUT2D eigenvalue weighted by Crippen LogP contribution is -1.97. The van der Waals surface area contributed by atoms with Gasteiger partial charge in [0, 0.05) is 22.5 Å². The van der Waals surface area contributed by atoms with Crippen LogP contribution in [0.15, 0.2) is 65.7 Å². The zero-order valence-corrected chi connectivity index (χ0v) is 17.0. The van der Waals surface area contributed by atoms with Gasteiger partial charge in [-0.3, -0.25) is 35.3 Å². The van der Waals surface area contributed by atoms with Gasteiger partial charge in [0.25, 0.3) is 11.4 Å². The van der Waals surface area contributed by atoms with Gasteiger partial charge in [-0.2, -0.15) is 0 Å². The third-order valence-electron chi connectivity index (χ3n) is 3.83.